The van der Waals surface area contributed by atoms with Crippen LogP contribution in [0.5, 0.6) is 0 Å². The highest BCUT2D eigenvalue weighted by Crippen LogP contribution is 2.29. The molecule has 4 heterocycles. The summed E-state index contributed by atoms with van der Waals surface area (Å²) in [6, 6.07) is 7.43. The van der Waals surface area contributed by atoms with Gasteiger partial charge in [-0.2, -0.15) is 0 Å². The van der Waals surface area contributed by atoms with E-state index in [1.165, 1.54) is 0 Å². The SMILES string of the molecule is O=C(Nc1cc(-c2cccc(NCC3CCOCC3)n2)c(Cl)cn1)C1CCCN1. The van der Waals surface area contributed by atoms with Crippen LogP contribution in [-0.4, -0.2) is 48.2 Å². The summed E-state index contributed by atoms with van der Waals surface area (Å²) >= 11 is 6.38. The smallest absolute Gasteiger partial charge is 0.242 e. The van der Waals surface area contributed by atoms with E-state index in [-0.39, 0.29) is 11.9 Å². The number of rotatable bonds is 6. The van der Waals surface area contributed by atoms with Gasteiger partial charge in [0.15, 0.2) is 0 Å². The molecule has 2 saturated heterocycles. The van der Waals surface area contributed by atoms with Crippen molar-refractivity contribution in [3.05, 3.63) is 35.5 Å². The molecule has 1 unspecified atom stereocenters. The van der Waals surface area contributed by atoms with Crippen LogP contribution in [0.25, 0.3) is 11.3 Å². The predicted octanol–water partition coefficient (Wildman–Crippen LogP) is 3.33. The lowest BCUT2D eigenvalue weighted by Crippen LogP contribution is -2.35. The van der Waals surface area contributed by atoms with Gasteiger partial charge in [-0.15, -0.1) is 0 Å². The maximum absolute atomic E-state index is 12.4. The third-order valence-electron chi connectivity index (χ3n) is 5.42. The fourth-order valence-electron chi connectivity index (χ4n) is 3.71. The Hall–Kier alpha value is -2.22. The zero-order chi connectivity index (χ0) is 20.1. The van der Waals surface area contributed by atoms with Crippen LogP contribution >= 0.6 is 11.6 Å². The number of amides is 1. The van der Waals surface area contributed by atoms with E-state index in [2.05, 4.69) is 20.9 Å². The van der Waals surface area contributed by atoms with E-state index in [1.54, 1.807) is 12.3 Å². The molecule has 154 valence electrons. The van der Waals surface area contributed by atoms with Crippen LogP contribution in [0.2, 0.25) is 5.02 Å². The van der Waals surface area contributed by atoms with E-state index in [0.717, 1.165) is 69.1 Å². The van der Waals surface area contributed by atoms with Crippen LogP contribution in [0.3, 0.4) is 0 Å². The summed E-state index contributed by atoms with van der Waals surface area (Å²) in [7, 11) is 0. The molecule has 2 aliphatic heterocycles. The van der Waals surface area contributed by atoms with Crippen molar-refractivity contribution in [2.24, 2.45) is 5.92 Å². The van der Waals surface area contributed by atoms with Gasteiger partial charge in [-0.1, -0.05) is 17.7 Å². The minimum Gasteiger partial charge on any atom is -0.381 e. The Kier molecular flexibility index (Phi) is 6.59. The minimum atomic E-state index is -0.160. The molecule has 8 heteroatoms. The van der Waals surface area contributed by atoms with Crippen LogP contribution in [0, 0.1) is 5.92 Å². The van der Waals surface area contributed by atoms with Gasteiger partial charge in [0.2, 0.25) is 5.91 Å². The maximum Gasteiger partial charge on any atom is 0.242 e. The monoisotopic (exact) mass is 415 g/mol. The molecule has 0 spiro atoms. The minimum absolute atomic E-state index is 0.0666. The van der Waals surface area contributed by atoms with E-state index >= 15 is 0 Å². The van der Waals surface area contributed by atoms with Gasteiger partial charge in [0.05, 0.1) is 16.8 Å². The Morgan fingerprint density at radius 1 is 1.24 bits per heavy atom. The standard InChI is InChI=1S/C21H26ClN5O2/c22-16-13-25-20(27-21(28)18-4-2-8-23-18)11-15(16)17-3-1-5-19(26-17)24-12-14-6-9-29-10-7-14/h1,3,5,11,13-14,18,23H,2,4,6-10,12H2,(H,24,26)(H,25,27,28). The number of hydrogen-bond acceptors (Lipinski definition) is 6. The number of nitrogens with zero attached hydrogens (tertiary/aromatic N) is 2. The van der Waals surface area contributed by atoms with Gasteiger partial charge in [0.1, 0.15) is 11.6 Å². The number of halogens is 1. The van der Waals surface area contributed by atoms with Crippen molar-refractivity contribution >= 4 is 29.1 Å². The molecule has 29 heavy (non-hydrogen) atoms. The van der Waals surface area contributed by atoms with E-state index in [1.807, 2.05) is 18.2 Å². The van der Waals surface area contributed by atoms with Crippen molar-refractivity contribution in [2.75, 3.05) is 36.9 Å². The molecule has 0 aromatic carbocycles. The summed E-state index contributed by atoms with van der Waals surface area (Å²) in [5, 5.41) is 9.99. The fraction of sp³-hybridized carbons (Fsp3) is 0.476. The number of hydrogen-bond donors (Lipinski definition) is 3. The first-order chi connectivity index (χ1) is 14.2. The van der Waals surface area contributed by atoms with Gasteiger partial charge >= 0.3 is 0 Å². The second kappa shape index (κ2) is 9.52. The van der Waals surface area contributed by atoms with E-state index in [0.29, 0.717) is 16.8 Å². The molecule has 1 atom stereocenters. The number of nitrogens with one attached hydrogen (secondary N) is 3. The molecule has 2 fully saturated rings. The summed E-state index contributed by atoms with van der Waals surface area (Å²) in [6.45, 7) is 3.41. The van der Waals surface area contributed by atoms with Crippen LogP contribution in [0.4, 0.5) is 11.6 Å². The lowest BCUT2D eigenvalue weighted by Gasteiger charge is -2.22. The Bertz CT molecular complexity index is 851. The molecule has 7 nitrogen and oxygen atoms in total. The van der Waals surface area contributed by atoms with Crippen molar-refractivity contribution in [2.45, 2.75) is 31.7 Å². The first kappa shape index (κ1) is 20.1. The molecule has 2 aromatic rings. The number of anilines is 2. The molecule has 3 N–H and O–H groups in total. The van der Waals surface area contributed by atoms with Gasteiger partial charge in [-0.25, -0.2) is 9.97 Å². The molecule has 4 rings (SSSR count). The van der Waals surface area contributed by atoms with Gasteiger partial charge in [-0.3, -0.25) is 4.79 Å². The van der Waals surface area contributed by atoms with E-state index < -0.39 is 0 Å². The molecular weight excluding hydrogens is 390 g/mol. The average Bonchev–Trinajstić information content (AvgIpc) is 3.30. The van der Waals surface area contributed by atoms with Gasteiger partial charge in [-0.05, 0) is 56.3 Å². The average molecular weight is 416 g/mol. The van der Waals surface area contributed by atoms with Crippen molar-refractivity contribution < 1.29 is 9.53 Å². The topological polar surface area (TPSA) is 88.2 Å². The Morgan fingerprint density at radius 2 is 2.10 bits per heavy atom. The lowest BCUT2D eigenvalue weighted by atomic mass is 10.0. The number of ether oxygens (including phenoxy) is 1. The Labute approximate surface area is 175 Å². The Morgan fingerprint density at radius 3 is 2.90 bits per heavy atom. The van der Waals surface area contributed by atoms with Crippen LogP contribution in [0.1, 0.15) is 25.7 Å². The van der Waals surface area contributed by atoms with Crippen LogP contribution in [0.15, 0.2) is 30.5 Å². The first-order valence-corrected chi connectivity index (χ1v) is 10.6. The zero-order valence-corrected chi connectivity index (χ0v) is 17.0. The van der Waals surface area contributed by atoms with Gasteiger partial charge < -0.3 is 20.7 Å². The van der Waals surface area contributed by atoms with E-state index in [4.69, 9.17) is 21.3 Å². The van der Waals surface area contributed by atoms with Crippen molar-refractivity contribution in [1.29, 1.82) is 0 Å². The summed E-state index contributed by atoms with van der Waals surface area (Å²) in [4.78, 5) is 21.3. The molecule has 0 bridgehead atoms. The molecule has 1 amide bonds. The highest BCUT2D eigenvalue weighted by Gasteiger charge is 2.22. The molecule has 2 aromatic heterocycles. The largest absolute Gasteiger partial charge is 0.381 e. The normalized spacial score (nSPS) is 19.8. The summed E-state index contributed by atoms with van der Waals surface area (Å²) in [5.41, 5.74) is 1.48. The second-order valence-electron chi connectivity index (χ2n) is 7.53. The number of carbonyl (C=O) groups is 1. The van der Waals surface area contributed by atoms with Crippen molar-refractivity contribution in [3.8, 4) is 11.3 Å². The Balaban J connectivity index is 1.46. The number of pyridine rings is 2. The molecule has 0 saturated carbocycles. The van der Waals surface area contributed by atoms with Gasteiger partial charge in [0.25, 0.3) is 0 Å². The number of aromatic nitrogens is 2. The molecule has 0 radical (unpaired) electrons. The third kappa shape index (κ3) is 5.23. The number of carbonyl (C=O) groups excluding carboxylic acids is 1. The highest BCUT2D eigenvalue weighted by molar-refractivity contribution is 6.33. The predicted molar refractivity (Wildman–Crippen MR) is 114 cm³/mol. The van der Waals surface area contributed by atoms with E-state index in [9.17, 15) is 4.79 Å². The van der Waals surface area contributed by atoms with Crippen molar-refractivity contribution in [1.82, 2.24) is 15.3 Å². The zero-order valence-electron chi connectivity index (χ0n) is 16.3. The quantitative estimate of drug-likeness (QED) is 0.670. The first-order valence-electron chi connectivity index (χ1n) is 10.2. The summed E-state index contributed by atoms with van der Waals surface area (Å²) in [6.07, 6.45) is 5.55. The lowest BCUT2D eigenvalue weighted by molar-refractivity contribution is -0.117. The van der Waals surface area contributed by atoms with Gasteiger partial charge in [0, 0.05) is 31.5 Å². The van der Waals surface area contributed by atoms with Crippen molar-refractivity contribution in [3.63, 3.8) is 0 Å². The fourth-order valence-corrected chi connectivity index (χ4v) is 3.91. The summed E-state index contributed by atoms with van der Waals surface area (Å²) in [5.74, 6) is 1.82. The molecular formula is C21H26ClN5O2. The second-order valence-corrected chi connectivity index (χ2v) is 7.94. The molecule has 0 aliphatic carbocycles. The maximum atomic E-state index is 12.4. The highest BCUT2D eigenvalue weighted by atomic mass is 35.5. The third-order valence-corrected chi connectivity index (χ3v) is 5.72. The van der Waals surface area contributed by atoms with Crippen LogP contribution in [-0.2, 0) is 9.53 Å². The summed E-state index contributed by atoms with van der Waals surface area (Å²) < 4.78 is 5.42. The molecule has 2 aliphatic rings. The van der Waals surface area contributed by atoms with Crippen LogP contribution < -0.4 is 16.0 Å².